The second kappa shape index (κ2) is 5.45. The highest BCUT2D eigenvalue weighted by Gasteiger charge is 2.30. The van der Waals surface area contributed by atoms with E-state index in [1.807, 2.05) is 4.57 Å². The van der Waals surface area contributed by atoms with Gasteiger partial charge in [0.1, 0.15) is 18.4 Å². The van der Waals surface area contributed by atoms with Crippen LogP contribution in [-0.4, -0.2) is 33.5 Å². The minimum atomic E-state index is -4.30. The lowest BCUT2D eigenvalue weighted by Gasteiger charge is -2.09. The van der Waals surface area contributed by atoms with Crippen molar-refractivity contribution < 1.29 is 17.9 Å². The van der Waals surface area contributed by atoms with Crippen LogP contribution < -0.4 is 5.73 Å². The van der Waals surface area contributed by atoms with Gasteiger partial charge in [0.25, 0.3) is 0 Å². The fourth-order valence-corrected chi connectivity index (χ4v) is 2.26. The highest BCUT2D eigenvalue weighted by atomic mass is 32.2. The average molecular weight is 282 g/mol. The Labute approximate surface area is 106 Å². The summed E-state index contributed by atoms with van der Waals surface area (Å²) in [6.07, 6.45) is -2.24. The smallest absolute Gasteiger partial charge is 0.361 e. The molecule has 0 spiro atoms. The molecule has 0 bridgehead atoms. The van der Waals surface area contributed by atoms with Gasteiger partial charge < -0.3 is 15.0 Å². The molecule has 18 heavy (non-hydrogen) atoms. The molecule has 0 unspecified atom stereocenters. The van der Waals surface area contributed by atoms with E-state index in [2.05, 4.69) is 14.9 Å². The van der Waals surface area contributed by atoms with Crippen LogP contribution in [0, 0.1) is 0 Å². The molecule has 1 aliphatic rings. The molecule has 0 amide bonds. The van der Waals surface area contributed by atoms with Crippen LogP contribution in [0.4, 0.5) is 13.2 Å². The molecule has 1 heterocycles. The van der Waals surface area contributed by atoms with E-state index in [4.69, 9.17) is 5.73 Å². The molecule has 1 aromatic rings. The number of thioether (sulfide) groups is 1. The van der Waals surface area contributed by atoms with E-state index in [-0.39, 0.29) is 12.5 Å². The summed E-state index contributed by atoms with van der Waals surface area (Å²) in [5, 5.41) is 8.40. The van der Waals surface area contributed by atoms with E-state index in [9.17, 15) is 13.2 Å². The normalized spacial score (nSPS) is 16.2. The lowest BCUT2D eigenvalue weighted by atomic mass is 10.5. The maximum atomic E-state index is 11.9. The molecule has 0 saturated heterocycles. The topological polar surface area (TPSA) is 66.0 Å². The van der Waals surface area contributed by atoms with E-state index < -0.39 is 12.8 Å². The predicted octanol–water partition coefficient (Wildman–Crippen LogP) is 1.70. The second-order valence-corrected chi connectivity index (χ2v) is 4.82. The summed E-state index contributed by atoms with van der Waals surface area (Å²) < 4.78 is 42.0. The maximum absolute atomic E-state index is 11.9. The van der Waals surface area contributed by atoms with Gasteiger partial charge in [0, 0.05) is 6.04 Å². The number of halogens is 3. The summed E-state index contributed by atoms with van der Waals surface area (Å²) in [7, 11) is 0. The standard InChI is InChI=1S/C9H13F3N4OS/c10-9(11,12)4-17-5-18-8-15-14-7(3-13)16(8)6-1-2-6/h6H,1-5,13H2. The Bertz CT molecular complexity index is 405. The molecular formula is C9H13F3N4OS. The lowest BCUT2D eigenvalue weighted by Crippen LogP contribution is -2.16. The van der Waals surface area contributed by atoms with E-state index >= 15 is 0 Å². The first kappa shape index (κ1) is 13.6. The molecule has 0 radical (unpaired) electrons. The molecule has 1 saturated carbocycles. The number of ether oxygens (including phenoxy) is 1. The second-order valence-electron chi connectivity index (χ2n) is 3.93. The molecule has 2 rings (SSSR count). The highest BCUT2D eigenvalue weighted by molar-refractivity contribution is 7.99. The van der Waals surface area contributed by atoms with Crippen molar-refractivity contribution in [3.8, 4) is 0 Å². The Morgan fingerprint density at radius 3 is 2.67 bits per heavy atom. The third-order valence-electron chi connectivity index (χ3n) is 2.37. The Morgan fingerprint density at radius 1 is 1.39 bits per heavy atom. The Balaban J connectivity index is 1.87. The molecule has 9 heteroatoms. The first-order chi connectivity index (χ1) is 8.51. The molecule has 102 valence electrons. The average Bonchev–Trinajstić information content (AvgIpc) is 3.04. The third kappa shape index (κ3) is 3.59. The largest absolute Gasteiger partial charge is 0.411 e. The van der Waals surface area contributed by atoms with Gasteiger partial charge in [-0.1, -0.05) is 11.8 Å². The first-order valence-electron chi connectivity index (χ1n) is 5.42. The van der Waals surface area contributed by atoms with Crippen molar-refractivity contribution >= 4 is 11.8 Å². The van der Waals surface area contributed by atoms with Gasteiger partial charge in [-0.05, 0) is 12.8 Å². The number of aromatic nitrogens is 3. The van der Waals surface area contributed by atoms with Gasteiger partial charge in [-0.2, -0.15) is 13.2 Å². The van der Waals surface area contributed by atoms with Crippen molar-refractivity contribution in [1.29, 1.82) is 0 Å². The molecule has 1 aliphatic carbocycles. The van der Waals surface area contributed by atoms with Crippen molar-refractivity contribution in [2.45, 2.75) is 36.8 Å². The monoisotopic (exact) mass is 282 g/mol. The lowest BCUT2D eigenvalue weighted by molar-refractivity contribution is -0.168. The Morgan fingerprint density at radius 2 is 2.11 bits per heavy atom. The van der Waals surface area contributed by atoms with Gasteiger partial charge >= 0.3 is 6.18 Å². The summed E-state index contributed by atoms with van der Waals surface area (Å²) >= 11 is 1.10. The maximum Gasteiger partial charge on any atom is 0.411 e. The number of nitrogens with two attached hydrogens (primary N) is 1. The van der Waals surface area contributed by atoms with Gasteiger partial charge in [-0.15, -0.1) is 10.2 Å². The molecule has 0 aliphatic heterocycles. The number of rotatable bonds is 6. The van der Waals surface area contributed by atoms with Crippen molar-refractivity contribution in [3.63, 3.8) is 0 Å². The van der Waals surface area contributed by atoms with Crippen LogP contribution in [-0.2, 0) is 11.3 Å². The zero-order valence-electron chi connectivity index (χ0n) is 9.48. The fraction of sp³-hybridized carbons (Fsp3) is 0.778. The zero-order valence-corrected chi connectivity index (χ0v) is 10.3. The summed E-state index contributed by atoms with van der Waals surface area (Å²) in [6, 6.07) is 0.337. The predicted molar refractivity (Wildman–Crippen MR) is 58.9 cm³/mol. The quantitative estimate of drug-likeness (QED) is 0.489. The van der Waals surface area contributed by atoms with Crippen molar-refractivity contribution in [3.05, 3.63) is 5.82 Å². The fourth-order valence-electron chi connectivity index (χ4n) is 1.50. The van der Waals surface area contributed by atoms with Gasteiger partial charge in [0.05, 0.1) is 6.54 Å². The Kier molecular flexibility index (Phi) is 4.13. The zero-order chi connectivity index (χ0) is 13.2. The summed E-state index contributed by atoms with van der Waals surface area (Å²) in [4.78, 5) is 0. The summed E-state index contributed by atoms with van der Waals surface area (Å²) in [5.41, 5.74) is 5.53. The van der Waals surface area contributed by atoms with Gasteiger partial charge in [-0.3, -0.25) is 0 Å². The minimum absolute atomic E-state index is 0.102. The molecular weight excluding hydrogens is 269 g/mol. The number of alkyl halides is 3. The van der Waals surface area contributed by atoms with Crippen molar-refractivity contribution in [2.75, 3.05) is 12.5 Å². The van der Waals surface area contributed by atoms with Crippen molar-refractivity contribution in [2.24, 2.45) is 5.73 Å². The molecule has 0 atom stereocenters. The number of hydrogen-bond acceptors (Lipinski definition) is 5. The first-order valence-corrected chi connectivity index (χ1v) is 6.41. The SMILES string of the molecule is NCc1nnc(SCOCC(F)(F)F)n1C1CC1. The van der Waals surface area contributed by atoms with Crippen molar-refractivity contribution in [1.82, 2.24) is 14.8 Å². The summed E-state index contributed by atoms with van der Waals surface area (Å²) in [6.45, 7) is -0.977. The highest BCUT2D eigenvalue weighted by Crippen LogP contribution is 2.38. The molecule has 2 N–H and O–H groups in total. The van der Waals surface area contributed by atoms with E-state index in [1.54, 1.807) is 0 Å². The van der Waals surface area contributed by atoms with E-state index in [0.717, 1.165) is 24.6 Å². The molecule has 1 aromatic heterocycles. The van der Waals surface area contributed by atoms with Crippen LogP contribution >= 0.6 is 11.8 Å². The molecule has 0 aromatic carbocycles. The van der Waals surface area contributed by atoms with Crippen LogP contribution in [0.1, 0.15) is 24.7 Å². The number of nitrogens with zero attached hydrogens (tertiary/aromatic N) is 3. The third-order valence-corrected chi connectivity index (χ3v) is 3.19. The van der Waals surface area contributed by atoms with Gasteiger partial charge in [-0.25, -0.2) is 0 Å². The van der Waals surface area contributed by atoms with Gasteiger partial charge in [0.2, 0.25) is 0 Å². The Hall–Kier alpha value is -0.800. The van der Waals surface area contributed by atoms with Crippen LogP contribution in [0.3, 0.4) is 0 Å². The van der Waals surface area contributed by atoms with Crippen LogP contribution in [0.15, 0.2) is 5.16 Å². The number of hydrogen-bond donors (Lipinski definition) is 1. The van der Waals surface area contributed by atoms with Gasteiger partial charge in [0.15, 0.2) is 5.16 Å². The van der Waals surface area contributed by atoms with Crippen LogP contribution in [0.2, 0.25) is 0 Å². The van der Waals surface area contributed by atoms with Crippen LogP contribution in [0.5, 0.6) is 0 Å². The van der Waals surface area contributed by atoms with Crippen LogP contribution in [0.25, 0.3) is 0 Å². The minimum Gasteiger partial charge on any atom is -0.361 e. The van der Waals surface area contributed by atoms with E-state index in [0.29, 0.717) is 17.0 Å². The molecule has 5 nitrogen and oxygen atoms in total. The molecule has 1 fully saturated rings. The van der Waals surface area contributed by atoms with E-state index in [1.165, 1.54) is 0 Å². The summed E-state index contributed by atoms with van der Waals surface area (Å²) in [5.74, 6) is 0.561.